The Balaban J connectivity index is 1.34. The van der Waals surface area contributed by atoms with Crippen LogP contribution in [0.4, 0.5) is 0 Å². The maximum atomic E-state index is 13.3. The summed E-state index contributed by atoms with van der Waals surface area (Å²) in [7, 11) is 0. The van der Waals surface area contributed by atoms with Crippen LogP contribution in [0.2, 0.25) is 0 Å². The molecule has 6 rings (SSSR count). The van der Waals surface area contributed by atoms with Crippen molar-refractivity contribution >= 4 is 11.9 Å². The van der Waals surface area contributed by atoms with E-state index in [2.05, 4.69) is 0 Å². The van der Waals surface area contributed by atoms with Gasteiger partial charge in [0.2, 0.25) is 0 Å². The van der Waals surface area contributed by atoms with Crippen molar-refractivity contribution in [2.24, 2.45) is 17.8 Å². The van der Waals surface area contributed by atoms with Gasteiger partial charge >= 0.3 is 5.97 Å². The summed E-state index contributed by atoms with van der Waals surface area (Å²) in [4.78, 5) is 27.6. The number of nitrogens with zero attached hydrogens (tertiary/aromatic N) is 1. The van der Waals surface area contributed by atoms with Crippen LogP contribution in [0.15, 0.2) is 47.1 Å². The van der Waals surface area contributed by atoms with Gasteiger partial charge in [-0.25, -0.2) is 4.79 Å². The van der Waals surface area contributed by atoms with Crippen molar-refractivity contribution in [3.63, 3.8) is 0 Å². The molecule has 2 aromatic rings. The van der Waals surface area contributed by atoms with Crippen LogP contribution in [0.1, 0.15) is 54.6 Å². The molecule has 0 unspecified atom stereocenters. The van der Waals surface area contributed by atoms with Crippen molar-refractivity contribution in [3.8, 4) is 5.75 Å². The lowest BCUT2D eigenvalue weighted by Crippen LogP contribution is -2.61. The predicted octanol–water partition coefficient (Wildman–Crippen LogP) is 4.14. The molecule has 1 aromatic carbocycles. The molecule has 6 heteroatoms. The molecule has 0 spiro atoms. The third kappa shape index (κ3) is 3.59. The van der Waals surface area contributed by atoms with E-state index in [-0.39, 0.29) is 29.4 Å². The maximum Gasteiger partial charge on any atom is 0.338 e. The topological polar surface area (TPSA) is 80.0 Å². The first kappa shape index (κ1) is 19.2. The number of aromatic hydroxyl groups is 1. The number of hydrogen-bond donors (Lipinski definition) is 1. The van der Waals surface area contributed by atoms with Crippen molar-refractivity contribution < 1.29 is 23.8 Å². The highest BCUT2D eigenvalue weighted by Gasteiger charge is 2.54. The van der Waals surface area contributed by atoms with Gasteiger partial charge in [-0.15, -0.1) is 0 Å². The summed E-state index contributed by atoms with van der Waals surface area (Å²) in [6.07, 6.45) is 8.58. The molecule has 1 amide bonds. The predicted molar refractivity (Wildman–Crippen MR) is 109 cm³/mol. The quantitative estimate of drug-likeness (QED) is 0.726. The monoisotopic (exact) mass is 409 g/mol. The largest absolute Gasteiger partial charge is 0.508 e. The fraction of sp³-hybridized carbons (Fsp3) is 0.500. The second-order valence-electron chi connectivity index (χ2n) is 9.33. The molecule has 1 N–H and O–H groups in total. The summed E-state index contributed by atoms with van der Waals surface area (Å²) in [5.74, 6) is 2.03. The summed E-state index contributed by atoms with van der Waals surface area (Å²) in [5, 5.41) is 9.57. The number of rotatable bonds is 6. The standard InChI is InChI=1S/C24H27NO5/c26-20-4-1-3-19(10-20)23(28)30-15-22(27)25(14-21-5-2-6-29-21)24-11-16-7-17(12-24)9-18(8-16)13-24/h1-6,10,16-18,26H,7-9,11-15H2. The maximum absolute atomic E-state index is 13.3. The van der Waals surface area contributed by atoms with E-state index in [4.69, 9.17) is 9.15 Å². The Hall–Kier alpha value is -2.76. The number of hydrogen-bond acceptors (Lipinski definition) is 5. The zero-order chi connectivity index (χ0) is 20.7. The number of esters is 1. The molecule has 1 aromatic heterocycles. The first-order chi connectivity index (χ1) is 14.5. The molecular formula is C24H27NO5. The van der Waals surface area contributed by atoms with Gasteiger partial charge in [0.25, 0.3) is 5.91 Å². The SMILES string of the molecule is O=C(OCC(=O)N(Cc1ccco1)C12CC3CC(CC(C3)C1)C2)c1cccc(O)c1. The molecule has 0 saturated heterocycles. The number of phenolic OH excluding ortho intramolecular Hbond substituents is 1. The lowest BCUT2D eigenvalue weighted by atomic mass is 9.52. The van der Waals surface area contributed by atoms with Crippen LogP contribution in [0.25, 0.3) is 0 Å². The second kappa shape index (κ2) is 7.49. The molecule has 4 aliphatic rings. The molecule has 4 saturated carbocycles. The average molecular weight is 409 g/mol. The number of benzene rings is 1. The van der Waals surface area contributed by atoms with E-state index in [1.807, 2.05) is 17.0 Å². The minimum Gasteiger partial charge on any atom is -0.508 e. The lowest BCUT2D eigenvalue weighted by molar-refractivity contribution is -0.156. The first-order valence-corrected chi connectivity index (χ1v) is 10.8. The van der Waals surface area contributed by atoms with Crippen LogP contribution in [0.3, 0.4) is 0 Å². The van der Waals surface area contributed by atoms with Crippen LogP contribution >= 0.6 is 0 Å². The fourth-order valence-electron chi connectivity index (χ4n) is 6.40. The molecule has 0 radical (unpaired) electrons. The zero-order valence-corrected chi connectivity index (χ0v) is 17.0. The van der Waals surface area contributed by atoms with Gasteiger partial charge in [-0.2, -0.15) is 0 Å². The van der Waals surface area contributed by atoms with E-state index in [1.54, 1.807) is 18.4 Å². The molecule has 0 aliphatic heterocycles. The Morgan fingerprint density at radius 2 is 1.77 bits per heavy atom. The summed E-state index contributed by atoms with van der Waals surface area (Å²) in [6.45, 7) is 0.0959. The van der Waals surface area contributed by atoms with Crippen LogP contribution in [-0.2, 0) is 16.1 Å². The average Bonchev–Trinajstić information content (AvgIpc) is 3.22. The van der Waals surface area contributed by atoms with Crippen LogP contribution in [0.5, 0.6) is 5.75 Å². The Morgan fingerprint density at radius 3 is 2.37 bits per heavy atom. The van der Waals surface area contributed by atoms with Gasteiger partial charge in [0.05, 0.1) is 18.4 Å². The third-order valence-electron chi connectivity index (χ3n) is 7.18. The minimum absolute atomic E-state index is 0.0104. The summed E-state index contributed by atoms with van der Waals surface area (Å²) in [6, 6.07) is 9.68. The Bertz CT molecular complexity index is 900. The van der Waals surface area contributed by atoms with Gasteiger partial charge < -0.3 is 19.2 Å². The second-order valence-corrected chi connectivity index (χ2v) is 9.33. The first-order valence-electron chi connectivity index (χ1n) is 10.8. The van der Waals surface area contributed by atoms with Gasteiger partial charge in [0.1, 0.15) is 11.5 Å². The van der Waals surface area contributed by atoms with E-state index in [9.17, 15) is 14.7 Å². The third-order valence-corrected chi connectivity index (χ3v) is 7.18. The number of phenols is 1. The Labute approximate surface area is 175 Å². The smallest absolute Gasteiger partial charge is 0.338 e. The van der Waals surface area contributed by atoms with Gasteiger partial charge in [-0.3, -0.25) is 4.79 Å². The van der Waals surface area contributed by atoms with Gasteiger partial charge in [-0.05, 0) is 86.6 Å². The number of carbonyl (C=O) groups excluding carboxylic acids is 2. The van der Waals surface area contributed by atoms with Crippen LogP contribution < -0.4 is 0 Å². The molecular weight excluding hydrogens is 382 g/mol. The molecule has 1 heterocycles. The van der Waals surface area contributed by atoms with Gasteiger partial charge in [-0.1, -0.05) is 6.07 Å². The van der Waals surface area contributed by atoms with E-state index < -0.39 is 5.97 Å². The Kier molecular flexibility index (Phi) is 4.80. The highest BCUT2D eigenvalue weighted by Crippen LogP contribution is 2.58. The molecule has 158 valence electrons. The van der Waals surface area contributed by atoms with E-state index in [0.717, 1.165) is 25.0 Å². The number of amides is 1. The van der Waals surface area contributed by atoms with E-state index in [0.29, 0.717) is 24.3 Å². The van der Waals surface area contributed by atoms with Gasteiger partial charge in [0, 0.05) is 5.54 Å². The highest BCUT2D eigenvalue weighted by molar-refractivity contribution is 5.91. The van der Waals surface area contributed by atoms with Gasteiger partial charge in [0.15, 0.2) is 6.61 Å². The van der Waals surface area contributed by atoms with Crippen molar-refractivity contribution in [3.05, 3.63) is 54.0 Å². The summed E-state index contributed by atoms with van der Waals surface area (Å²) >= 11 is 0. The molecule has 0 atom stereocenters. The molecule has 30 heavy (non-hydrogen) atoms. The number of furan rings is 1. The molecule has 4 fully saturated rings. The van der Waals surface area contributed by atoms with Crippen molar-refractivity contribution in [2.75, 3.05) is 6.61 Å². The number of ether oxygens (including phenoxy) is 1. The van der Waals surface area contributed by atoms with Crippen molar-refractivity contribution in [1.82, 2.24) is 4.90 Å². The number of carbonyl (C=O) groups is 2. The molecule has 4 bridgehead atoms. The van der Waals surface area contributed by atoms with E-state index >= 15 is 0 Å². The van der Waals surface area contributed by atoms with Crippen LogP contribution in [0, 0.1) is 17.8 Å². The minimum atomic E-state index is -0.609. The zero-order valence-electron chi connectivity index (χ0n) is 17.0. The fourth-order valence-corrected chi connectivity index (χ4v) is 6.40. The molecule has 4 aliphatic carbocycles. The highest BCUT2D eigenvalue weighted by atomic mass is 16.5. The summed E-state index contributed by atoms with van der Waals surface area (Å²) in [5.41, 5.74) is 0.0750. The van der Waals surface area contributed by atoms with E-state index in [1.165, 1.54) is 31.4 Å². The Morgan fingerprint density at radius 1 is 1.07 bits per heavy atom. The summed E-state index contributed by atoms with van der Waals surface area (Å²) < 4.78 is 10.9. The lowest BCUT2D eigenvalue weighted by Gasteiger charge is -2.60. The normalized spacial score (nSPS) is 29.0. The van der Waals surface area contributed by atoms with Crippen molar-refractivity contribution in [2.45, 2.75) is 50.6 Å². The van der Waals surface area contributed by atoms with Crippen molar-refractivity contribution in [1.29, 1.82) is 0 Å². The van der Waals surface area contributed by atoms with Crippen LogP contribution in [-0.4, -0.2) is 34.0 Å². The molecule has 6 nitrogen and oxygen atoms in total.